The number of para-hydroxylation sites is 2. The summed E-state index contributed by atoms with van der Waals surface area (Å²) in [5.74, 6) is 0.268. The fourth-order valence-corrected chi connectivity index (χ4v) is 6.71. The zero-order valence-electron chi connectivity index (χ0n) is 25.1. The molecule has 1 heterocycles. The molecule has 7 heteroatoms. The van der Waals surface area contributed by atoms with Crippen LogP contribution in [0.3, 0.4) is 0 Å². The molecule has 0 aliphatic carbocycles. The fraction of sp³-hybridized carbons (Fsp3) is 0.0513. The van der Waals surface area contributed by atoms with Crippen LogP contribution in [0.4, 0.5) is 0 Å². The average molecular weight is 574 g/mol. The zero-order valence-corrected chi connectivity index (χ0v) is 25.1. The first-order valence-electron chi connectivity index (χ1n) is 15.2. The second-order valence-electron chi connectivity index (χ2n) is 12.0. The van der Waals surface area contributed by atoms with Gasteiger partial charge in [-0.2, -0.15) is 0 Å². The van der Waals surface area contributed by atoms with Gasteiger partial charge in [-0.1, -0.05) is 120 Å². The number of benzene rings is 7. The molecule has 46 heavy (non-hydrogen) atoms. The van der Waals surface area contributed by atoms with Crippen LogP contribution in [-0.4, -0.2) is 48.8 Å². The van der Waals surface area contributed by atoms with Gasteiger partial charge in [0.25, 0.3) is 0 Å². The van der Waals surface area contributed by atoms with Crippen LogP contribution < -0.4 is 0 Å². The van der Waals surface area contributed by atoms with E-state index >= 15 is 0 Å². The Hall–Kier alpha value is -4.89. The van der Waals surface area contributed by atoms with Gasteiger partial charge in [-0.15, -0.1) is 5.11 Å². The molecular formula is C39H23B5N2. The van der Waals surface area contributed by atoms with E-state index in [-0.39, 0.29) is 5.82 Å². The number of imidazole rings is 1. The van der Waals surface area contributed by atoms with Gasteiger partial charge in [0.05, 0.1) is 50.3 Å². The van der Waals surface area contributed by atoms with Crippen LogP contribution in [0, 0.1) is 0 Å². The van der Waals surface area contributed by atoms with Gasteiger partial charge in [0.1, 0.15) is 5.82 Å². The Morgan fingerprint density at radius 2 is 1.00 bits per heavy atom. The van der Waals surface area contributed by atoms with E-state index < -0.39 is 10.3 Å². The van der Waals surface area contributed by atoms with Gasteiger partial charge in [-0.05, 0) is 78.8 Å². The first-order chi connectivity index (χ1) is 22.2. The smallest absolute Gasteiger partial charge is 0.101 e. The lowest BCUT2D eigenvalue weighted by Gasteiger charge is -2.41. The minimum Gasteiger partial charge on any atom is -0.297 e. The Kier molecular flexibility index (Phi) is 6.58. The molecular weight excluding hydrogens is 551 g/mol. The number of nitrogens with zero attached hydrogens (tertiary/aromatic N) is 2. The molecule has 0 saturated heterocycles. The lowest BCUT2D eigenvalue weighted by molar-refractivity contribution is 0.757. The number of rotatable bonds is 5. The summed E-state index contributed by atoms with van der Waals surface area (Å²) in [5, 5.41) is 3.44. The Balaban J connectivity index is 1.36. The molecule has 0 bridgehead atoms. The molecule has 0 atom stereocenters. The maximum atomic E-state index is 6.48. The van der Waals surface area contributed by atoms with E-state index in [9.17, 15) is 0 Å². The van der Waals surface area contributed by atoms with Crippen molar-refractivity contribution in [1.82, 2.24) is 9.55 Å². The van der Waals surface area contributed by atoms with E-state index in [1.54, 1.807) is 0 Å². The summed E-state index contributed by atoms with van der Waals surface area (Å²) < 4.78 is 1.88. The summed E-state index contributed by atoms with van der Waals surface area (Å²) in [4.78, 5) is 4.72. The van der Waals surface area contributed by atoms with Crippen molar-refractivity contribution in [2.75, 3.05) is 0 Å². The van der Waals surface area contributed by atoms with Crippen molar-refractivity contribution in [3.8, 4) is 27.9 Å². The van der Waals surface area contributed by atoms with Crippen molar-refractivity contribution in [3.63, 3.8) is 0 Å². The van der Waals surface area contributed by atoms with E-state index in [0.717, 1.165) is 22.3 Å². The third-order valence-electron chi connectivity index (χ3n) is 9.05. The summed E-state index contributed by atoms with van der Waals surface area (Å²) in [5.41, 5.74) is 7.00. The Bertz CT molecular complexity index is 2380. The molecule has 0 unspecified atom stereocenters. The van der Waals surface area contributed by atoms with Crippen LogP contribution in [0.25, 0.3) is 71.3 Å². The van der Waals surface area contributed by atoms with Crippen LogP contribution in [0.5, 0.6) is 0 Å². The molecule has 0 spiro atoms. The Morgan fingerprint density at radius 1 is 0.478 bits per heavy atom. The number of hydrogen-bond donors (Lipinski definition) is 0. The topological polar surface area (TPSA) is 17.8 Å². The summed E-state index contributed by atoms with van der Waals surface area (Å²) in [6.07, 6.45) is 0. The summed E-state index contributed by atoms with van der Waals surface area (Å²) in [6, 6.07) is 48.4. The van der Waals surface area contributed by atoms with Gasteiger partial charge in [-0.3, -0.25) is 4.57 Å². The molecule has 0 aliphatic heterocycles. The number of fused-ring (bicyclic) bond motifs is 4. The van der Waals surface area contributed by atoms with Crippen LogP contribution in [0.2, 0.25) is 5.11 Å². The van der Waals surface area contributed by atoms with Gasteiger partial charge >= 0.3 is 0 Å². The minimum absolute atomic E-state index is 0.268. The van der Waals surface area contributed by atoms with Crippen molar-refractivity contribution in [2.45, 2.75) is 10.3 Å². The van der Waals surface area contributed by atoms with Crippen molar-refractivity contribution in [1.29, 1.82) is 0 Å². The molecule has 8 rings (SSSR count). The molecule has 2 nitrogen and oxygen atoms in total. The molecule has 0 N–H and O–H groups in total. The molecule has 0 saturated carbocycles. The van der Waals surface area contributed by atoms with Crippen molar-refractivity contribution in [2.24, 2.45) is 0 Å². The SMILES string of the molecule is [B]C([B])([B])C([B])([B])c1nc2ccccc2n1-c1ccc(-c2c3ccccc3c(-c3cccc4ccccc34)c3ccccc23)cc1. The van der Waals surface area contributed by atoms with Gasteiger partial charge in [-0.25, -0.2) is 4.98 Å². The standard InChI is InChI=1S/C39H23B5N2/c40-38(41,39(42,43)44)37-45-33-18-7-8-19-34(33)46(37)26-22-20-25(21-23-26)35-29-13-3-5-15-31(29)36(32-16-6-4-14-30(32)35)28-17-9-11-24-10-1-2-12-27(24)28/h1-23H. The first kappa shape index (κ1) is 28.6. The largest absolute Gasteiger partial charge is 0.297 e. The molecule has 8 aromatic rings. The van der Waals surface area contributed by atoms with Gasteiger partial charge < -0.3 is 0 Å². The second-order valence-corrected chi connectivity index (χ2v) is 12.0. The summed E-state index contributed by atoms with van der Waals surface area (Å²) in [6.45, 7) is 0. The molecule has 0 aliphatic rings. The highest BCUT2D eigenvalue weighted by molar-refractivity contribution is 6.67. The minimum atomic E-state index is -1.92. The van der Waals surface area contributed by atoms with Crippen LogP contribution in [0.1, 0.15) is 5.82 Å². The van der Waals surface area contributed by atoms with Gasteiger partial charge in [0, 0.05) is 5.69 Å². The fourth-order valence-electron chi connectivity index (χ4n) is 6.71. The van der Waals surface area contributed by atoms with E-state index in [0.29, 0.717) is 5.52 Å². The molecule has 1 aromatic heterocycles. The van der Waals surface area contributed by atoms with Gasteiger partial charge in [0.15, 0.2) is 0 Å². The Morgan fingerprint density at radius 3 is 1.63 bits per heavy atom. The second kappa shape index (κ2) is 10.6. The van der Waals surface area contributed by atoms with Crippen LogP contribution >= 0.6 is 0 Å². The van der Waals surface area contributed by atoms with Crippen molar-refractivity contribution >= 4 is 82.6 Å². The summed E-state index contributed by atoms with van der Waals surface area (Å²) >= 11 is 0. The molecule has 0 fully saturated rings. The molecule has 7 aromatic carbocycles. The zero-order chi connectivity index (χ0) is 31.6. The monoisotopic (exact) mass is 574 g/mol. The predicted octanol–water partition coefficient (Wildman–Crippen LogP) is 7.89. The predicted molar refractivity (Wildman–Crippen MR) is 198 cm³/mol. The highest BCUT2D eigenvalue weighted by atomic mass is 15.1. The Labute approximate surface area is 274 Å². The number of aromatic nitrogens is 2. The maximum Gasteiger partial charge on any atom is 0.101 e. The third-order valence-corrected chi connectivity index (χ3v) is 9.05. The van der Waals surface area contributed by atoms with Gasteiger partial charge in [0.2, 0.25) is 0 Å². The van der Waals surface area contributed by atoms with E-state index in [1.165, 1.54) is 43.4 Å². The first-order valence-corrected chi connectivity index (χ1v) is 15.2. The van der Waals surface area contributed by atoms with Crippen molar-refractivity contribution < 1.29 is 0 Å². The summed E-state index contributed by atoms with van der Waals surface area (Å²) in [7, 11) is 31.1. The highest BCUT2D eigenvalue weighted by Gasteiger charge is 2.36. The van der Waals surface area contributed by atoms with E-state index in [1.807, 2.05) is 41.0 Å². The quantitative estimate of drug-likeness (QED) is 0.151. The lowest BCUT2D eigenvalue weighted by atomic mass is 9.23. The molecule has 204 valence electrons. The van der Waals surface area contributed by atoms with E-state index in [4.69, 9.17) is 44.2 Å². The molecule has 10 radical (unpaired) electrons. The van der Waals surface area contributed by atoms with E-state index in [2.05, 4.69) is 103 Å². The van der Waals surface area contributed by atoms with Crippen LogP contribution in [-0.2, 0) is 5.21 Å². The highest BCUT2D eigenvalue weighted by Crippen LogP contribution is 2.45. The third kappa shape index (κ3) is 4.36. The molecule has 0 amide bonds. The lowest BCUT2D eigenvalue weighted by Crippen LogP contribution is -2.45. The maximum absolute atomic E-state index is 6.48. The van der Waals surface area contributed by atoms with Crippen LogP contribution in [0.15, 0.2) is 140 Å². The average Bonchev–Trinajstić information content (AvgIpc) is 3.47. The number of hydrogen-bond acceptors (Lipinski definition) is 1. The van der Waals surface area contributed by atoms with Crippen molar-refractivity contribution in [3.05, 3.63) is 145 Å². The normalized spacial score (nSPS) is 12.3.